The second-order valence-electron chi connectivity index (χ2n) is 6.68. The number of aromatic nitrogens is 4. The molecule has 0 bridgehead atoms. The van der Waals surface area contributed by atoms with Crippen LogP contribution in [-0.4, -0.2) is 39.3 Å². The van der Waals surface area contributed by atoms with Gasteiger partial charge >= 0.3 is 0 Å². The predicted octanol–water partition coefficient (Wildman–Crippen LogP) is 2.72. The lowest BCUT2D eigenvalue weighted by molar-refractivity contribution is 0.363. The van der Waals surface area contributed by atoms with Crippen LogP contribution in [0.2, 0.25) is 0 Å². The lowest BCUT2D eigenvalue weighted by Gasteiger charge is -2.35. The molecule has 0 radical (unpaired) electrons. The van der Waals surface area contributed by atoms with Crippen molar-refractivity contribution >= 4 is 16.9 Å². The fourth-order valence-electron chi connectivity index (χ4n) is 3.46. The van der Waals surface area contributed by atoms with Crippen LogP contribution in [0.4, 0.5) is 10.2 Å². The Bertz CT molecular complexity index is 890. The van der Waals surface area contributed by atoms with E-state index < -0.39 is 0 Å². The molecule has 3 aromatic rings. The van der Waals surface area contributed by atoms with Crippen molar-refractivity contribution in [1.29, 1.82) is 0 Å². The van der Waals surface area contributed by atoms with Gasteiger partial charge in [-0.15, -0.1) is 0 Å². The van der Waals surface area contributed by atoms with Gasteiger partial charge in [-0.3, -0.25) is 5.10 Å². The molecule has 0 aromatic carbocycles. The number of pyridine rings is 2. The molecule has 0 saturated carbocycles. The number of H-pyrrole nitrogens is 1. The van der Waals surface area contributed by atoms with E-state index in [2.05, 4.69) is 25.1 Å². The van der Waals surface area contributed by atoms with Crippen LogP contribution in [0.25, 0.3) is 22.4 Å². The van der Waals surface area contributed by atoms with Gasteiger partial charge in [0.15, 0.2) is 11.5 Å². The van der Waals surface area contributed by atoms with Crippen LogP contribution in [0.1, 0.15) is 19.8 Å². The minimum atomic E-state index is -0.387. The molecule has 0 aliphatic carbocycles. The summed E-state index contributed by atoms with van der Waals surface area (Å²) in [6, 6.07) is 7.01. The lowest BCUT2D eigenvalue weighted by atomic mass is 9.92. The molecule has 1 unspecified atom stereocenters. The number of hydrogen-bond donors (Lipinski definition) is 2. The zero-order valence-corrected chi connectivity index (χ0v) is 14.1. The summed E-state index contributed by atoms with van der Waals surface area (Å²) in [6.45, 7) is 3.79. The van der Waals surface area contributed by atoms with E-state index in [1.54, 1.807) is 18.3 Å². The molecule has 3 aromatic heterocycles. The lowest BCUT2D eigenvalue weighted by Crippen LogP contribution is -2.42. The highest BCUT2D eigenvalue weighted by molar-refractivity contribution is 5.89. The summed E-state index contributed by atoms with van der Waals surface area (Å²) in [5.74, 6) is 0.808. The Morgan fingerprint density at radius 1 is 1.32 bits per heavy atom. The van der Waals surface area contributed by atoms with Crippen LogP contribution < -0.4 is 10.6 Å². The molecule has 1 aliphatic rings. The summed E-state index contributed by atoms with van der Waals surface area (Å²) in [4.78, 5) is 11.0. The molecule has 7 heteroatoms. The summed E-state index contributed by atoms with van der Waals surface area (Å²) in [7, 11) is 0. The van der Waals surface area contributed by atoms with Gasteiger partial charge in [-0.2, -0.15) is 5.10 Å². The number of halogens is 1. The number of anilines is 1. The third-order valence-corrected chi connectivity index (χ3v) is 4.92. The minimum Gasteiger partial charge on any atom is -0.356 e. The van der Waals surface area contributed by atoms with Crippen LogP contribution in [0.3, 0.4) is 0 Å². The second kappa shape index (κ2) is 6.40. The van der Waals surface area contributed by atoms with E-state index in [-0.39, 0.29) is 17.6 Å². The highest BCUT2D eigenvalue weighted by Gasteiger charge is 2.24. The molecule has 4 rings (SSSR count). The Labute approximate surface area is 145 Å². The zero-order valence-electron chi connectivity index (χ0n) is 14.1. The van der Waals surface area contributed by atoms with Gasteiger partial charge in [0.2, 0.25) is 0 Å². The topological polar surface area (TPSA) is 83.7 Å². The summed E-state index contributed by atoms with van der Waals surface area (Å²) < 4.78 is 14.5. The number of nitrogens with zero attached hydrogens (tertiary/aromatic N) is 4. The van der Waals surface area contributed by atoms with E-state index in [1.807, 2.05) is 13.0 Å². The number of nitrogens with two attached hydrogens (primary N) is 1. The van der Waals surface area contributed by atoms with Crippen LogP contribution in [0.5, 0.6) is 0 Å². The number of fused-ring (bicyclic) bond motifs is 1. The van der Waals surface area contributed by atoms with E-state index in [0.29, 0.717) is 17.3 Å². The Hall–Kier alpha value is -2.54. The SMILES string of the molecule is CC(N)[C@H]1CCCN(c2ccc(F)c(-c3n[nH]c4ncccc34)n2)C1. The molecule has 6 nitrogen and oxygen atoms in total. The second-order valence-corrected chi connectivity index (χ2v) is 6.68. The van der Waals surface area contributed by atoms with Gasteiger partial charge in [0.25, 0.3) is 0 Å². The third-order valence-electron chi connectivity index (χ3n) is 4.92. The quantitative estimate of drug-likeness (QED) is 0.766. The van der Waals surface area contributed by atoms with Gasteiger partial charge in [-0.05, 0) is 49.9 Å². The van der Waals surface area contributed by atoms with Crippen molar-refractivity contribution in [3.8, 4) is 11.4 Å². The van der Waals surface area contributed by atoms with Crippen LogP contribution in [0, 0.1) is 11.7 Å². The first-order chi connectivity index (χ1) is 12.1. The fourth-order valence-corrected chi connectivity index (χ4v) is 3.46. The van der Waals surface area contributed by atoms with Crippen molar-refractivity contribution in [3.63, 3.8) is 0 Å². The summed E-state index contributed by atoms with van der Waals surface area (Å²) >= 11 is 0. The summed E-state index contributed by atoms with van der Waals surface area (Å²) in [5, 5.41) is 7.83. The van der Waals surface area contributed by atoms with Crippen molar-refractivity contribution in [2.45, 2.75) is 25.8 Å². The maximum atomic E-state index is 14.5. The monoisotopic (exact) mass is 340 g/mol. The van der Waals surface area contributed by atoms with Gasteiger partial charge in [0.05, 0.1) is 0 Å². The summed E-state index contributed by atoms with van der Waals surface area (Å²) in [6.07, 6.45) is 3.86. The molecule has 2 atom stereocenters. The van der Waals surface area contributed by atoms with Crippen molar-refractivity contribution in [3.05, 3.63) is 36.3 Å². The first-order valence-electron chi connectivity index (χ1n) is 8.60. The van der Waals surface area contributed by atoms with E-state index in [4.69, 9.17) is 5.73 Å². The standard InChI is InChI=1S/C18H21FN6/c1-11(20)12-4-3-9-25(10-12)15-7-6-14(19)17(22-15)16-13-5-2-8-21-18(13)24-23-16/h2,5-8,11-12H,3-4,9-10,20H2,1H3,(H,21,23,24)/t11?,12-/m0/s1. The highest BCUT2D eigenvalue weighted by Crippen LogP contribution is 2.29. The van der Waals surface area contributed by atoms with Crippen LogP contribution >= 0.6 is 0 Å². The molecule has 1 aliphatic heterocycles. The Balaban J connectivity index is 1.72. The van der Waals surface area contributed by atoms with Crippen molar-refractivity contribution in [2.75, 3.05) is 18.0 Å². The fraction of sp³-hybridized carbons (Fsp3) is 0.389. The zero-order chi connectivity index (χ0) is 17.4. The first kappa shape index (κ1) is 16.0. The number of rotatable bonds is 3. The molecule has 130 valence electrons. The Morgan fingerprint density at radius 3 is 3.04 bits per heavy atom. The van der Waals surface area contributed by atoms with Gasteiger partial charge < -0.3 is 10.6 Å². The number of hydrogen-bond acceptors (Lipinski definition) is 5. The smallest absolute Gasteiger partial charge is 0.155 e. The number of piperidine rings is 1. The number of aromatic amines is 1. The van der Waals surface area contributed by atoms with E-state index in [1.165, 1.54) is 6.07 Å². The van der Waals surface area contributed by atoms with Gasteiger partial charge in [-0.1, -0.05) is 0 Å². The normalized spacial score (nSPS) is 19.3. The van der Waals surface area contributed by atoms with E-state index >= 15 is 0 Å². The van der Waals surface area contributed by atoms with Crippen LogP contribution in [-0.2, 0) is 0 Å². The molecular weight excluding hydrogens is 319 g/mol. The van der Waals surface area contributed by atoms with Gasteiger partial charge in [0, 0.05) is 30.7 Å². The molecule has 1 fully saturated rings. The van der Waals surface area contributed by atoms with Gasteiger partial charge in [-0.25, -0.2) is 14.4 Å². The minimum absolute atomic E-state index is 0.143. The van der Waals surface area contributed by atoms with E-state index in [9.17, 15) is 4.39 Å². The third kappa shape index (κ3) is 2.95. The Kier molecular flexibility index (Phi) is 4.09. The maximum absolute atomic E-state index is 14.5. The first-order valence-corrected chi connectivity index (χ1v) is 8.60. The summed E-state index contributed by atoms with van der Waals surface area (Å²) in [5.41, 5.74) is 7.44. The number of nitrogens with one attached hydrogen (secondary N) is 1. The molecule has 0 amide bonds. The average Bonchev–Trinajstić information content (AvgIpc) is 3.06. The molecule has 1 saturated heterocycles. The highest BCUT2D eigenvalue weighted by atomic mass is 19.1. The maximum Gasteiger partial charge on any atom is 0.155 e. The molecule has 25 heavy (non-hydrogen) atoms. The van der Waals surface area contributed by atoms with Gasteiger partial charge in [0.1, 0.15) is 17.2 Å². The van der Waals surface area contributed by atoms with Crippen molar-refractivity contribution in [2.24, 2.45) is 11.7 Å². The van der Waals surface area contributed by atoms with Crippen molar-refractivity contribution in [1.82, 2.24) is 20.2 Å². The average molecular weight is 340 g/mol. The Morgan fingerprint density at radius 2 is 2.20 bits per heavy atom. The molecule has 3 N–H and O–H groups in total. The molecule has 0 spiro atoms. The molecular formula is C18H21FN6. The van der Waals surface area contributed by atoms with Crippen molar-refractivity contribution < 1.29 is 4.39 Å². The van der Waals surface area contributed by atoms with Crippen LogP contribution in [0.15, 0.2) is 30.5 Å². The predicted molar refractivity (Wildman–Crippen MR) is 95.7 cm³/mol. The largest absolute Gasteiger partial charge is 0.356 e. The molecule has 4 heterocycles. The van der Waals surface area contributed by atoms with E-state index in [0.717, 1.165) is 37.1 Å².